The van der Waals surface area contributed by atoms with E-state index in [2.05, 4.69) is 26.1 Å². The van der Waals surface area contributed by atoms with E-state index in [1.54, 1.807) is 31.4 Å². The summed E-state index contributed by atoms with van der Waals surface area (Å²) in [5, 5.41) is 3.22. The van der Waals surface area contributed by atoms with Crippen molar-refractivity contribution in [1.82, 2.24) is 0 Å². The fraction of sp³-hybridized carbons (Fsp3) is 0.214. The third kappa shape index (κ3) is 4.40. The Hall–Kier alpha value is -3.86. The molecule has 0 radical (unpaired) electrons. The maximum atomic E-state index is 13.5. The van der Waals surface area contributed by atoms with Gasteiger partial charge in [0, 0.05) is 5.69 Å². The predicted octanol–water partition coefficient (Wildman–Crippen LogP) is 5.78. The molecule has 5 heteroatoms. The minimum Gasteiger partial charge on any atom is -0.497 e. The van der Waals surface area contributed by atoms with Gasteiger partial charge in [-0.25, -0.2) is 4.90 Å². The van der Waals surface area contributed by atoms with E-state index in [9.17, 15) is 9.59 Å². The van der Waals surface area contributed by atoms with E-state index in [1.807, 2.05) is 48.5 Å². The average molecular weight is 441 g/mol. The number of hydrogen-bond donors (Lipinski definition) is 1. The average Bonchev–Trinajstić information content (AvgIpc) is 3.08. The van der Waals surface area contributed by atoms with Crippen LogP contribution in [-0.4, -0.2) is 18.9 Å². The number of nitrogens with one attached hydrogen (secondary N) is 1. The van der Waals surface area contributed by atoms with E-state index in [0.29, 0.717) is 28.5 Å². The molecule has 0 spiro atoms. The molecule has 1 aliphatic heterocycles. The fourth-order valence-corrected chi connectivity index (χ4v) is 3.88. The maximum Gasteiger partial charge on any atom is 0.282 e. The second-order valence-electron chi connectivity index (χ2n) is 8.35. The Kier molecular flexibility index (Phi) is 6.31. The lowest BCUT2D eigenvalue weighted by Crippen LogP contribution is -2.32. The van der Waals surface area contributed by atoms with Crippen molar-refractivity contribution in [3.05, 3.63) is 95.2 Å². The molecule has 5 nitrogen and oxygen atoms in total. The van der Waals surface area contributed by atoms with E-state index in [-0.39, 0.29) is 17.5 Å². The molecule has 0 saturated heterocycles. The first-order valence-corrected chi connectivity index (χ1v) is 11.2. The summed E-state index contributed by atoms with van der Waals surface area (Å²) in [5.41, 5.74) is 4.92. The highest BCUT2D eigenvalue weighted by atomic mass is 16.5. The molecule has 3 aromatic carbocycles. The minimum atomic E-state index is -0.372. The van der Waals surface area contributed by atoms with Crippen LogP contribution >= 0.6 is 0 Å². The molecule has 3 aromatic rings. The normalized spacial score (nSPS) is 13.8. The number of hydrogen-bond acceptors (Lipinski definition) is 4. The van der Waals surface area contributed by atoms with Gasteiger partial charge in [-0.15, -0.1) is 0 Å². The van der Waals surface area contributed by atoms with Crippen LogP contribution < -0.4 is 15.0 Å². The van der Waals surface area contributed by atoms with E-state index in [4.69, 9.17) is 4.74 Å². The van der Waals surface area contributed by atoms with Crippen LogP contribution in [0.3, 0.4) is 0 Å². The van der Waals surface area contributed by atoms with Crippen molar-refractivity contribution in [2.45, 2.75) is 33.1 Å². The van der Waals surface area contributed by atoms with Gasteiger partial charge in [0.05, 0.1) is 18.4 Å². The molecular weight excluding hydrogens is 412 g/mol. The molecule has 0 fully saturated rings. The Balaban J connectivity index is 1.76. The minimum absolute atomic E-state index is 0.266. The summed E-state index contributed by atoms with van der Waals surface area (Å²) in [6.07, 6.45) is 0.886. The molecule has 0 aliphatic carbocycles. The number of carbonyl (C=O) groups excluding carboxylic acids is 2. The summed E-state index contributed by atoms with van der Waals surface area (Å²) < 4.78 is 5.25. The van der Waals surface area contributed by atoms with E-state index < -0.39 is 0 Å². The first-order chi connectivity index (χ1) is 15.9. The number of imide groups is 1. The van der Waals surface area contributed by atoms with Crippen molar-refractivity contribution in [3.8, 4) is 5.75 Å². The summed E-state index contributed by atoms with van der Waals surface area (Å²) in [5.74, 6) is 0.366. The monoisotopic (exact) mass is 440 g/mol. The highest BCUT2D eigenvalue weighted by Gasteiger charge is 2.40. The van der Waals surface area contributed by atoms with Crippen LogP contribution in [0.4, 0.5) is 11.4 Å². The molecule has 0 atom stereocenters. The Morgan fingerprint density at radius 2 is 1.48 bits per heavy atom. The van der Waals surface area contributed by atoms with Gasteiger partial charge in [0.1, 0.15) is 11.4 Å². The van der Waals surface area contributed by atoms with Crippen molar-refractivity contribution in [1.29, 1.82) is 0 Å². The zero-order chi connectivity index (χ0) is 23.5. The van der Waals surface area contributed by atoms with Crippen molar-refractivity contribution in [2.75, 3.05) is 17.3 Å². The molecular formula is C28H28N2O3. The van der Waals surface area contributed by atoms with Crippen LogP contribution in [0.15, 0.2) is 78.5 Å². The summed E-state index contributed by atoms with van der Waals surface area (Å²) in [7, 11) is 1.59. The molecule has 2 amide bonds. The quantitative estimate of drug-likeness (QED) is 0.473. The SMILES string of the molecule is CCc1ccc(N2C(=O)C(Nc3ccc(C(C)C)cc3)=C(c3ccc(OC)cc3)C2=O)cc1. The smallest absolute Gasteiger partial charge is 0.282 e. The van der Waals surface area contributed by atoms with Gasteiger partial charge in [-0.1, -0.05) is 57.2 Å². The molecule has 1 aliphatic rings. The van der Waals surface area contributed by atoms with Crippen molar-refractivity contribution < 1.29 is 14.3 Å². The maximum absolute atomic E-state index is 13.5. The summed E-state index contributed by atoms with van der Waals surface area (Å²) in [6.45, 7) is 6.33. The molecule has 1 heterocycles. The van der Waals surface area contributed by atoms with Crippen LogP contribution in [0, 0.1) is 0 Å². The molecule has 0 unspecified atom stereocenters. The number of aryl methyl sites for hydroxylation is 1. The van der Waals surface area contributed by atoms with Gasteiger partial charge in [-0.2, -0.15) is 0 Å². The Morgan fingerprint density at radius 1 is 0.848 bits per heavy atom. The second-order valence-corrected chi connectivity index (χ2v) is 8.35. The number of benzene rings is 3. The lowest BCUT2D eigenvalue weighted by molar-refractivity contribution is -0.120. The summed E-state index contributed by atoms with van der Waals surface area (Å²) in [6, 6.07) is 22.6. The molecule has 168 valence electrons. The Labute approximate surface area is 194 Å². The van der Waals surface area contributed by atoms with Crippen LogP contribution in [0.5, 0.6) is 5.75 Å². The van der Waals surface area contributed by atoms with E-state index >= 15 is 0 Å². The number of rotatable bonds is 7. The van der Waals surface area contributed by atoms with Gasteiger partial charge in [0.2, 0.25) is 0 Å². The number of carbonyl (C=O) groups is 2. The van der Waals surface area contributed by atoms with Gasteiger partial charge in [0.25, 0.3) is 11.8 Å². The third-order valence-electron chi connectivity index (χ3n) is 5.91. The third-order valence-corrected chi connectivity index (χ3v) is 5.91. The largest absolute Gasteiger partial charge is 0.497 e. The number of nitrogens with zero attached hydrogens (tertiary/aromatic N) is 1. The van der Waals surface area contributed by atoms with Crippen LogP contribution in [0.2, 0.25) is 0 Å². The van der Waals surface area contributed by atoms with E-state index in [0.717, 1.165) is 17.7 Å². The Bertz CT molecular complexity index is 1190. The number of anilines is 2. The highest BCUT2D eigenvalue weighted by molar-refractivity contribution is 6.46. The zero-order valence-electron chi connectivity index (χ0n) is 19.4. The molecule has 0 bridgehead atoms. The van der Waals surface area contributed by atoms with Crippen molar-refractivity contribution in [2.24, 2.45) is 0 Å². The summed E-state index contributed by atoms with van der Waals surface area (Å²) in [4.78, 5) is 28.3. The molecule has 4 rings (SSSR count). The van der Waals surface area contributed by atoms with E-state index in [1.165, 1.54) is 10.5 Å². The second kappa shape index (κ2) is 9.33. The first-order valence-electron chi connectivity index (χ1n) is 11.2. The first kappa shape index (κ1) is 22.3. The molecule has 0 saturated carbocycles. The van der Waals surface area contributed by atoms with Gasteiger partial charge < -0.3 is 10.1 Å². The molecule has 1 N–H and O–H groups in total. The van der Waals surface area contributed by atoms with Crippen LogP contribution in [0.1, 0.15) is 43.4 Å². The lowest BCUT2D eigenvalue weighted by Gasteiger charge is -2.16. The standard InChI is InChI=1S/C28H28N2O3/c1-5-19-6-14-23(15-7-19)30-27(31)25(21-10-16-24(33-4)17-11-21)26(28(30)32)29-22-12-8-20(9-13-22)18(2)3/h6-18,29H,5H2,1-4H3. The van der Waals surface area contributed by atoms with Gasteiger partial charge >= 0.3 is 0 Å². The molecule has 33 heavy (non-hydrogen) atoms. The van der Waals surface area contributed by atoms with Crippen molar-refractivity contribution >= 4 is 28.8 Å². The van der Waals surface area contributed by atoms with Crippen molar-refractivity contribution in [3.63, 3.8) is 0 Å². The van der Waals surface area contributed by atoms with Gasteiger partial charge in [0.15, 0.2) is 0 Å². The molecule has 0 aromatic heterocycles. The fourth-order valence-electron chi connectivity index (χ4n) is 3.88. The van der Waals surface area contributed by atoms with Crippen LogP contribution in [0.25, 0.3) is 5.57 Å². The lowest BCUT2D eigenvalue weighted by atomic mass is 10.0. The predicted molar refractivity (Wildman–Crippen MR) is 132 cm³/mol. The summed E-state index contributed by atoms with van der Waals surface area (Å²) >= 11 is 0. The Morgan fingerprint density at radius 3 is 2.03 bits per heavy atom. The number of methoxy groups -OCH3 is 1. The van der Waals surface area contributed by atoms with Crippen LogP contribution in [-0.2, 0) is 16.0 Å². The van der Waals surface area contributed by atoms with Gasteiger partial charge in [-0.05, 0) is 65.4 Å². The highest BCUT2D eigenvalue weighted by Crippen LogP contribution is 2.34. The topological polar surface area (TPSA) is 58.6 Å². The number of ether oxygens (including phenoxy) is 1. The zero-order valence-corrected chi connectivity index (χ0v) is 19.4. The number of amides is 2. The van der Waals surface area contributed by atoms with Gasteiger partial charge in [-0.3, -0.25) is 9.59 Å².